The summed E-state index contributed by atoms with van der Waals surface area (Å²) in [4.78, 5) is 57.5. The van der Waals surface area contributed by atoms with Gasteiger partial charge in [0.05, 0.1) is 18.9 Å². The van der Waals surface area contributed by atoms with E-state index in [-0.39, 0.29) is 25.1 Å². The number of rotatable bonds is 10. The lowest BCUT2D eigenvalue weighted by atomic mass is 10.0. The summed E-state index contributed by atoms with van der Waals surface area (Å²) in [6, 6.07) is 3.22. The van der Waals surface area contributed by atoms with E-state index in [1.54, 1.807) is 18.3 Å². The predicted octanol–water partition coefficient (Wildman–Crippen LogP) is -1.10. The Morgan fingerprint density at radius 3 is 2.59 bits per heavy atom. The number of aromatic nitrogens is 2. The topological polar surface area (TPSA) is 191 Å². The molecule has 2 heterocycles. The van der Waals surface area contributed by atoms with Gasteiger partial charge in [-0.1, -0.05) is 12.1 Å². The van der Waals surface area contributed by atoms with Crippen LogP contribution in [-0.4, -0.2) is 80.0 Å². The van der Waals surface area contributed by atoms with Gasteiger partial charge in [0, 0.05) is 31.3 Å². The number of likely N-dealkylation sites (tertiary alicyclic amines) is 1. The SMILES string of the molecule is NC(Cc1cnc[nH]1)C(=O)NCC(=O)NC(Cc1ccc(O)cc1)C(=O)N1CCCC1C(=O)O. The third kappa shape index (κ3) is 6.54. The molecule has 0 saturated carbocycles. The summed E-state index contributed by atoms with van der Waals surface area (Å²) < 4.78 is 0. The van der Waals surface area contributed by atoms with Gasteiger partial charge in [0.2, 0.25) is 17.7 Å². The van der Waals surface area contributed by atoms with Crippen molar-refractivity contribution in [1.29, 1.82) is 0 Å². The number of nitrogens with two attached hydrogens (primary N) is 1. The number of phenols is 1. The Kier molecular flexibility index (Phi) is 8.19. The molecule has 1 aromatic carbocycles. The first-order valence-electron chi connectivity index (χ1n) is 10.9. The summed E-state index contributed by atoms with van der Waals surface area (Å²) in [5.41, 5.74) is 7.19. The Morgan fingerprint density at radius 2 is 1.94 bits per heavy atom. The zero-order chi connectivity index (χ0) is 24.7. The lowest BCUT2D eigenvalue weighted by Gasteiger charge is -2.27. The molecule has 0 aliphatic carbocycles. The van der Waals surface area contributed by atoms with Crippen LogP contribution in [0.25, 0.3) is 0 Å². The van der Waals surface area contributed by atoms with Crippen LogP contribution in [0.5, 0.6) is 5.75 Å². The van der Waals surface area contributed by atoms with E-state index in [1.807, 2.05) is 0 Å². The zero-order valence-electron chi connectivity index (χ0n) is 18.4. The number of carboxylic acids is 1. The number of aromatic hydroxyl groups is 1. The summed E-state index contributed by atoms with van der Waals surface area (Å²) in [6.07, 6.45) is 4.19. The average molecular weight is 473 g/mol. The highest BCUT2D eigenvalue weighted by Crippen LogP contribution is 2.20. The Morgan fingerprint density at radius 1 is 1.21 bits per heavy atom. The van der Waals surface area contributed by atoms with Gasteiger partial charge in [-0.15, -0.1) is 0 Å². The number of phenolic OH excluding ortho intramolecular Hbond substituents is 1. The minimum Gasteiger partial charge on any atom is -0.508 e. The molecule has 0 spiro atoms. The molecule has 3 unspecified atom stereocenters. The largest absolute Gasteiger partial charge is 0.508 e. The first-order chi connectivity index (χ1) is 16.2. The van der Waals surface area contributed by atoms with Crippen LogP contribution in [-0.2, 0) is 32.0 Å². The Bertz CT molecular complexity index is 1010. The van der Waals surface area contributed by atoms with E-state index in [2.05, 4.69) is 20.6 Å². The van der Waals surface area contributed by atoms with Crippen molar-refractivity contribution in [3.8, 4) is 5.75 Å². The molecule has 34 heavy (non-hydrogen) atoms. The lowest BCUT2D eigenvalue weighted by Crippen LogP contribution is -2.54. The van der Waals surface area contributed by atoms with Crippen molar-refractivity contribution in [3.05, 3.63) is 48.0 Å². The smallest absolute Gasteiger partial charge is 0.326 e. The molecule has 7 N–H and O–H groups in total. The number of imidazole rings is 1. The summed E-state index contributed by atoms with van der Waals surface area (Å²) in [5.74, 6) is -2.73. The number of carbonyl (C=O) groups is 4. The maximum Gasteiger partial charge on any atom is 0.326 e. The number of carboxylic acid groups (broad SMARTS) is 1. The van der Waals surface area contributed by atoms with Gasteiger partial charge >= 0.3 is 5.97 Å². The first kappa shape index (κ1) is 24.7. The number of aliphatic carboxylic acids is 1. The van der Waals surface area contributed by atoms with Crippen molar-refractivity contribution in [2.24, 2.45) is 5.73 Å². The number of amides is 3. The molecule has 3 amide bonds. The summed E-state index contributed by atoms with van der Waals surface area (Å²) in [6.45, 7) is -0.131. The molecule has 1 saturated heterocycles. The number of benzene rings is 1. The maximum atomic E-state index is 13.2. The summed E-state index contributed by atoms with van der Waals surface area (Å²) in [7, 11) is 0. The molecule has 2 aromatic rings. The Hall–Kier alpha value is -3.93. The van der Waals surface area contributed by atoms with Crippen molar-refractivity contribution >= 4 is 23.7 Å². The van der Waals surface area contributed by atoms with E-state index in [9.17, 15) is 29.4 Å². The van der Waals surface area contributed by atoms with Crippen LogP contribution >= 0.6 is 0 Å². The number of aromatic amines is 1. The second-order valence-corrected chi connectivity index (χ2v) is 8.12. The van der Waals surface area contributed by atoms with E-state index in [0.29, 0.717) is 24.1 Å². The molecule has 1 aliphatic rings. The van der Waals surface area contributed by atoms with Crippen LogP contribution in [0.3, 0.4) is 0 Å². The highest BCUT2D eigenvalue weighted by Gasteiger charge is 2.37. The molecule has 182 valence electrons. The Balaban J connectivity index is 1.63. The highest BCUT2D eigenvalue weighted by molar-refractivity contribution is 5.93. The maximum absolute atomic E-state index is 13.2. The third-order valence-corrected chi connectivity index (χ3v) is 5.59. The molecule has 3 atom stereocenters. The number of hydrogen-bond donors (Lipinski definition) is 6. The van der Waals surface area contributed by atoms with Crippen molar-refractivity contribution in [3.63, 3.8) is 0 Å². The molecule has 1 aromatic heterocycles. The van der Waals surface area contributed by atoms with Gasteiger partial charge in [0.1, 0.15) is 17.8 Å². The minimum atomic E-state index is -1.10. The fourth-order valence-corrected chi connectivity index (χ4v) is 3.82. The van der Waals surface area contributed by atoms with Gasteiger partial charge in [-0.2, -0.15) is 0 Å². The molecule has 0 radical (unpaired) electrons. The molecular formula is C22H28N6O6. The molecule has 3 rings (SSSR count). The minimum absolute atomic E-state index is 0.0512. The summed E-state index contributed by atoms with van der Waals surface area (Å²) in [5, 5.41) is 24.0. The molecule has 12 nitrogen and oxygen atoms in total. The lowest BCUT2D eigenvalue weighted by molar-refractivity contribution is -0.149. The van der Waals surface area contributed by atoms with Crippen LogP contribution in [0, 0.1) is 0 Å². The van der Waals surface area contributed by atoms with E-state index in [1.165, 1.54) is 23.4 Å². The standard InChI is InChI=1S/C22H28N6O6/c23-16(9-14-10-24-12-26-14)20(31)25-11-19(30)27-17(8-13-3-5-15(29)6-4-13)21(32)28-7-1-2-18(28)22(33)34/h3-6,10,12,16-18,29H,1-2,7-9,11,23H2,(H,24,26)(H,25,31)(H,27,30)(H,33,34). The highest BCUT2D eigenvalue weighted by atomic mass is 16.4. The van der Waals surface area contributed by atoms with Crippen LogP contribution in [0.4, 0.5) is 0 Å². The van der Waals surface area contributed by atoms with Gasteiger partial charge in [-0.25, -0.2) is 9.78 Å². The van der Waals surface area contributed by atoms with Crippen LogP contribution in [0.15, 0.2) is 36.8 Å². The molecule has 0 bridgehead atoms. The molecule has 12 heteroatoms. The molecular weight excluding hydrogens is 444 g/mol. The van der Waals surface area contributed by atoms with E-state index < -0.39 is 48.4 Å². The van der Waals surface area contributed by atoms with Crippen LogP contribution < -0.4 is 16.4 Å². The van der Waals surface area contributed by atoms with Crippen LogP contribution in [0.2, 0.25) is 0 Å². The fourth-order valence-electron chi connectivity index (χ4n) is 3.82. The normalized spacial score (nSPS) is 17.1. The number of nitrogens with zero attached hydrogens (tertiary/aromatic N) is 2. The number of H-pyrrole nitrogens is 1. The monoisotopic (exact) mass is 472 g/mol. The quantitative estimate of drug-likeness (QED) is 0.251. The van der Waals surface area contributed by atoms with Gasteiger partial charge < -0.3 is 36.5 Å². The molecule has 1 fully saturated rings. The number of nitrogens with one attached hydrogen (secondary N) is 3. The predicted molar refractivity (Wildman–Crippen MR) is 119 cm³/mol. The summed E-state index contributed by atoms with van der Waals surface area (Å²) >= 11 is 0. The van der Waals surface area contributed by atoms with Crippen molar-refractivity contribution < 1.29 is 29.4 Å². The number of hydrogen-bond acceptors (Lipinski definition) is 7. The first-order valence-corrected chi connectivity index (χ1v) is 10.9. The Labute approximate surface area is 195 Å². The van der Waals surface area contributed by atoms with E-state index in [0.717, 1.165) is 0 Å². The van der Waals surface area contributed by atoms with Gasteiger partial charge in [0.25, 0.3) is 0 Å². The zero-order valence-corrected chi connectivity index (χ0v) is 18.4. The second-order valence-electron chi connectivity index (χ2n) is 8.12. The van der Waals surface area contributed by atoms with Crippen molar-refractivity contribution in [1.82, 2.24) is 25.5 Å². The van der Waals surface area contributed by atoms with Gasteiger partial charge in [-0.3, -0.25) is 14.4 Å². The fraction of sp³-hybridized carbons (Fsp3) is 0.409. The molecule has 1 aliphatic heterocycles. The van der Waals surface area contributed by atoms with Gasteiger partial charge in [-0.05, 0) is 30.5 Å². The third-order valence-electron chi connectivity index (χ3n) is 5.59. The average Bonchev–Trinajstić information content (AvgIpc) is 3.50. The van der Waals surface area contributed by atoms with Gasteiger partial charge in [0.15, 0.2) is 0 Å². The van der Waals surface area contributed by atoms with Crippen molar-refractivity contribution in [2.45, 2.75) is 43.8 Å². The number of carbonyl (C=O) groups excluding carboxylic acids is 3. The van der Waals surface area contributed by atoms with E-state index in [4.69, 9.17) is 5.73 Å². The van der Waals surface area contributed by atoms with E-state index >= 15 is 0 Å². The van der Waals surface area contributed by atoms with Crippen molar-refractivity contribution in [2.75, 3.05) is 13.1 Å². The second kappa shape index (κ2) is 11.3. The van der Waals surface area contributed by atoms with Crippen LogP contribution in [0.1, 0.15) is 24.1 Å².